The molecule has 7 aromatic carbocycles. The number of nitrogens with zero attached hydrogens (tertiary/aromatic N) is 4. The van der Waals surface area contributed by atoms with Crippen molar-refractivity contribution in [1.29, 1.82) is 0 Å². The SMILES string of the molecule is c1cncc([Si](c2ccc(-n3c4ccccc4c4ccccc43)cc2)(c2ccc(-n3c4ccccc4c4cc5c(cc43)oc3ccccc35)cc2)c2cccnc2)c1. The van der Waals surface area contributed by atoms with Crippen LogP contribution >= 0.6 is 0 Å². The number of hydrogen-bond acceptors (Lipinski definition) is 3. The summed E-state index contributed by atoms with van der Waals surface area (Å²) in [6.07, 6.45) is 7.84. The molecule has 0 saturated carbocycles. The zero-order chi connectivity index (χ0) is 38.2. The van der Waals surface area contributed by atoms with Crippen LogP contribution < -0.4 is 20.7 Å². The summed E-state index contributed by atoms with van der Waals surface area (Å²) in [5.74, 6) is 0. The summed E-state index contributed by atoms with van der Waals surface area (Å²) < 4.78 is 11.2. The molecule has 0 amide bonds. The molecule has 6 heteroatoms. The fraction of sp³-hybridized carbons (Fsp3) is 0. The number of pyridine rings is 2. The molecule has 12 rings (SSSR count). The lowest BCUT2D eigenvalue weighted by molar-refractivity contribution is 0.669. The standard InChI is InChI=1S/C52H34N4OSi/c1-5-17-47-41(13-1)42-14-2-6-18-48(42)55(47)35-21-25-37(26-22-35)58(39-11-9-29-53-33-39,40-12-10-30-54-34-40)38-27-23-36(24-28-38)56-49-19-7-3-15-43(49)45-31-46-44-16-4-8-20-51(44)57-52(46)32-50(45)56/h1-34H. The molecule has 0 spiro atoms. The van der Waals surface area contributed by atoms with E-state index in [0.29, 0.717) is 0 Å². The molecule has 272 valence electrons. The van der Waals surface area contributed by atoms with Crippen LogP contribution in [0, 0.1) is 0 Å². The average Bonchev–Trinajstić information content (AvgIpc) is 3.94. The second-order valence-corrected chi connectivity index (χ2v) is 18.8. The maximum absolute atomic E-state index is 6.41. The Labute approximate surface area is 334 Å². The highest BCUT2D eigenvalue weighted by Crippen LogP contribution is 2.38. The summed E-state index contributed by atoms with van der Waals surface area (Å²) in [5.41, 5.74) is 8.67. The highest BCUT2D eigenvalue weighted by atomic mass is 28.3. The number of aromatic nitrogens is 4. The number of benzene rings is 7. The molecule has 0 bridgehead atoms. The van der Waals surface area contributed by atoms with Gasteiger partial charge in [0.2, 0.25) is 0 Å². The summed E-state index contributed by atoms with van der Waals surface area (Å²) in [5, 5.41) is 12.1. The van der Waals surface area contributed by atoms with Crippen LogP contribution in [-0.2, 0) is 0 Å². The Bertz CT molecular complexity index is 3400. The van der Waals surface area contributed by atoms with Crippen molar-refractivity contribution < 1.29 is 4.42 Å². The van der Waals surface area contributed by atoms with Crippen molar-refractivity contribution in [3.63, 3.8) is 0 Å². The van der Waals surface area contributed by atoms with Crippen LogP contribution in [0.1, 0.15) is 0 Å². The number of rotatable bonds is 6. The zero-order valence-corrected chi connectivity index (χ0v) is 32.3. The van der Waals surface area contributed by atoms with Gasteiger partial charge in [-0.25, -0.2) is 0 Å². The van der Waals surface area contributed by atoms with Gasteiger partial charge in [0, 0.05) is 74.5 Å². The van der Waals surface area contributed by atoms with E-state index in [0.717, 1.165) is 44.3 Å². The van der Waals surface area contributed by atoms with Crippen LogP contribution in [0.15, 0.2) is 211 Å². The second-order valence-electron chi connectivity index (χ2n) is 15.0. The van der Waals surface area contributed by atoms with Crippen molar-refractivity contribution in [3.8, 4) is 11.4 Å². The first-order chi connectivity index (χ1) is 28.8. The molecular formula is C52H34N4OSi. The predicted octanol–water partition coefficient (Wildman–Crippen LogP) is 9.95. The third-order valence-corrected chi connectivity index (χ3v) is 16.8. The molecule has 0 fully saturated rings. The summed E-state index contributed by atoms with van der Waals surface area (Å²) in [4.78, 5) is 9.44. The van der Waals surface area contributed by atoms with Crippen molar-refractivity contribution in [3.05, 3.63) is 207 Å². The monoisotopic (exact) mass is 758 g/mol. The molecule has 5 heterocycles. The molecule has 5 aromatic heterocycles. The van der Waals surface area contributed by atoms with Crippen LogP contribution in [0.2, 0.25) is 0 Å². The van der Waals surface area contributed by atoms with Gasteiger partial charge in [0.15, 0.2) is 8.07 Å². The minimum Gasteiger partial charge on any atom is -0.456 e. The molecule has 58 heavy (non-hydrogen) atoms. The van der Waals surface area contributed by atoms with Gasteiger partial charge in [0.05, 0.1) is 22.1 Å². The topological polar surface area (TPSA) is 48.8 Å². The van der Waals surface area contributed by atoms with Gasteiger partial charge in [0.25, 0.3) is 0 Å². The lowest BCUT2D eigenvalue weighted by atomic mass is 10.1. The highest BCUT2D eigenvalue weighted by molar-refractivity contribution is 7.19. The van der Waals surface area contributed by atoms with Crippen LogP contribution in [0.3, 0.4) is 0 Å². The smallest absolute Gasteiger partial charge is 0.182 e. The van der Waals surface area contributed by atoms with Crippen LogP contribution in [-0.4, -0.2) is 27.2 Å². The van der Waals surface area contributed by atoms with E-state index in [1.54, 1.807) is 0 Å². The molecule has 0 radical (unpaired) electrons. The van der Waals surface area contributed by atoms with E-state index in [9.17, 15) is 0 Å². The van der Waals surface area contributed by atoms with E-state index in [1.807, 2.05) is 24.5 Å². The first kappa shape index (κ1) is 32.7. The number of fused-ring (bicyclic) bond motifs is 9. The minimum absolute atomic E-state index is 0.887. The molecular weight excluding hydrogens is 725 g/mol. The lowest BCUT2D eigenvalue weighted by Gasteiger charge is -2.34. The Hall–Kier alpha value is -7.54. The van der Waals surface area contributed by atoms with Crippen molar-refractivity contribution in [2.45, 2.75) is 0 Å². The van der Waals surface area contributed by atoms with Gasteiger partial charge < -0.3 is 13.6 Å². The van der Waals surface area contributed by atoms with E-state index in [2.05, 4.69) is 191 Å². The van der Waals surface area contributed by atoms with E-state index in [1.165, 1.54) is 53.3 Å². The molecule has 0 unspecified atom stereocenters. The van der Waals surface area contributed by atoms with Gasteiger partial charge in [-0.3, -0.25) is 9.97 Å². The zero-order valence-electron chi connectivity index (χ0n) is 31.3. The van der Waals surface area contributed by atoms with Crippen molar-refractivity contribution in [2.24, 2.45) is 0 Å². The second kappa shape index (κ2) is 12.7. The molecule has 0 saturated heterocycles. The Morgan fingerprint density at radius 1 is 0.345 bits per heavy atom. The lowest BCUT2D eigenvalue weighted by Crippen LogP contribution is -2.74. The summed E-state index contributed by atoms with van der Waals surface area (Å²) in [6.45, 7) is 0. The van der Waals surface area contributed by atoms with E-state index in [4.69, 9.17) is 14.4 Å². The number of furan rings is 1. The maximum Gasteiger partial charge on any atom is 0.182 e. The number of hydrogen-bond donors (Lipinski definition) is 0. The minimum atomic E-state index is -2.94. The summed E-state index contributed by atoms with van der Waals surface area (Å²) >= 11 is 0. The molecule has 0 aliphatic heterocycles. The molecule has 12 aromatic rings. The van der Waals surface area contributed by atoms with Gasteiger partial charge in [-0.2, -0.15) is 0 Å². The van der Waals surface area contributed by atoms with Crippen LogP contribution in [0.5, 0.6) is 0 Å². The Morgan fingerprint density at radius 3 is 1.33 bits per heavy atom. The Kier molecular flexibility index (Phi) is 7.18. The van der Waals surface area contributed by atoms with Gasteiger partial charge in [0.1, 0.15) is 11.2 Å². The predicted molar refractivity (Wildman–Crippen MR) is 242 cm³/mol. The van der Waals surface area contributed by atoms with Gasteiger partial charge in [-0.05, 0) is 87.5 Å². The maximum atomic E-state index is 6.41. The van der Waals surface area contributed by atoms with E-state index in [-0.39, 0.29) is 0 Å². The third kappa shape index (κ3) is 4.70. The van der Waals surface area contributed by atoms with E-state index < -0.39 is 8.07 Å². The average molecular weight is 759 g/mol. The normalized spacial score (nSPS) is 12.1. The van der Waals surface area contributed by atoms with Crippen molar-refractivity contribution >= 4 is 94.4 Å². The summed E-state index contributed by atoms with van der Waals surface area (Å²) in [6, 6.07) is 65.9. The summed E-state index contributed by atoms with van der Waals surface area (Å²) in [7, 11) is -2.94. The largest absolute Gasteiger partial charge is 0.456 e. The fourth-order valence-corrected chi connectivity index (χ4v) is 14.1. The van der Waals surface area contributed by atoms with Gasteiger partial charge >= 0.3 is 0 Å². The van der Waals surface area contributed by atoms with Gasteiger partial charge in [-0.1, -0.05) is 109 Å². The fourth-order valence-electron chi connectivity index (χ4n) is 9.56. The quantitative estimate of drug-likeness (QED) is 0.159. The van der Waals surface area contributed by atoms with E-state index >= 15 is 0 Å². The molecule has 0 atom stereocenters. The van der Waals surface area contributed by atoms with Crippen LogP contribution in [0.25, 0.3) is 76.9 Å². The van der Waals surface area contributed by atoms with Crippen molar-refractivity contribution in [2.75, 3.05) is 0 Å². The first-order valence-electron chi connectivity index (χ1n) is 19.6. The molecule has 0 aliphatic rings. The Balaban J connectivity index is 1.06. The molecule has 0 N–H and O–H groups in total. The molecule has 0 aliphatic carbocycles. The number of para-hydroxylation sites is 4. The third-order valence-electron chi connectivity index (χ3n) is 12.1. The Morgan fingerprint density at radius 2 is 0.810 bits per heavy atom. The van der Waals surface area contributed by atoms with Crippen LogP contribution in [0.4, 0.5) is 0 Å². The highest BCUT2D eigenvalue weighted by Gasteiger charge is 2.42. The molecule has 5 nitrogen and oxygen atoms in total. The first-order valence-corrected chi connectivity index (χ1v) is 21.6. The van der Waals surface area contributed by atoms with Crippen molar-refractivity contribution in [1.82, 2.24) is 19.1 Å². The van der Waals surface area contributed by atoms with Gasteiger partial charge in [-0.15, -0.1) is 0 Å².